The minimum Gasteiger partial charge on any atom is -0.405 e. The van der Waals surface area contributed by atoms with E-state index in [4.69, 9.17) is 25.4 Å². The zero-order valence-corrected chi connectivity index (χ0v) is 17.7. The van der Waals surface area contributed by atoms with Gasteiger partial charge in [0.25, 0.3) is 0 Å². The van der Waals surface area contributed by atoms with Crippen molar-refractivity contribution in [3.63, 3.8) is 0 Å². The van der Waals surface area contributed by atoms with Gasteiger partial charge in [-0.3, -0.25) is 9.05 Å². The molecule has 1 unspecified atom stereocenters. The summed E-state index contributed by atoms with van der Waals surface area (Å²) in [6, 6.07) is 1.82. The molecule has 0 saturated carbocycles. The predicted molar refractivity (Wildman–Crippen MR) is 106 cm³/mol. The summed E-state index contributed by atoms with van der Waals surface area (Å²) in [6.07, 6.45) is 2.88. The third-order valence-electron chi connectivity index (χ3n) is 3.03. The van der Waals surface area contributed by atoms with Crippen molar-refractivity contribution in [2.75, 3.05) is 37.5 Å². The maximum absolute atomic E-state index is 5.91. The average Bonchev–Trinajstić information content (AvgIpc) is 2.54. The Balaban J connectivity index is 3.12. The van der Waals surface area contributed by atoms with E-state index >= 15 is 0 Å². The fraction of sp³-hybridized carbons (Fsp3) is 0.733. The van der Waals surface area contributed by atoms with Crippen molar-refractivity contribution >= 4 is 36.2 Å². The van der Waals surface area contributed by atoms with Crippen molar-refractivity contribution in [1.82, 2.24) is 9.97 Å². The molecular weight excluding hydrogens is 365 g/mol. The third kappa shape index (κ3) is 6.84. The van der Waals surface area contributed by atoms with Crippen molar-refractivity contribution < 1.29 is 13.6 Å². The molecule has 24 heavy (non-hydrogen) atoms. The zero-order valence-electron chi connectivity index (χ0n) is 15.2. The first-order valence-corrected chi connectivity index (χ1v) is 12.2. The Morgan fingerprint density at radius 2 is 1.88 bits per heavy atom. The summed E-state index contributed by atoms with van der Waals surface area (Å²) in [7, 11) is 0. The fourth-order valence-corrected chi connectivity index (χ4v) is 4.38. The summed E-state index contributed by atoms with van der Waals surface area (Å²) in [5.41, 5.74) is 0.905. The molecule has 0 N–H and O–H groups in total. The maximum Gasteiger partial charge on any atom is 0.381 e. The molecule has 9 heteroatoms. The van der Waals surface area contributed by atoms with Crippen LogP contribution in [0.5, 0.6) is 5.88 Å². The van der Waals surface area contributed by atoms with Gasteiger partial charge in [0.1, 0.15) is 0 Å². The summed E-state index contributed by atoms with van der Waals surface area (Å²) in [5.74, 6) is 1.85. The highest BCUT2D eigenvalue weighted by atomic mass is 32.5. The molecule has 0 fully saturated rings. The van der Waals surface area contributed by atoms with Gasteiger partial charge in [-0.2, -0.15) is 16.7 Å². The van der Waals surface area contributed by atoms with E-state index in [2.05, 4.69) is 28.7 Å². The van der Waals surface area contributed by atoms with Gasteiger partial charge >= 0.3 is 6.72 Å². The van der Waals surface area contributed by atoms with Gasteiger partial charge in [-0.05, 0) is 33.4 Å². The maximum atomic E-state index is 5.91. The lowest BCUT2D eigenvalue weighted by atomic mass is 10.4. The SMILES string of the molecule is CCCOP(=S)(OCC)Oc1cc(CSC)nc(N(CC)CC)n1. The number of hydrogen-bond acceptors (Lipinski definition) is 8. The Hall–Kier alpha value is -0.400. The normalized spacial score (nSPS) is 13.5. The molecule has 0 radical (unpaired) electrons. The number of hydrogen-bond donors (Lipinski definition) is 0. The molecule has 138 valence electrons. The van der Waals surface area contributed by atoms with Gasteiger partial charge in [-0.25, -0.2) is 4.98 Å². The van der Waals surface area contributed by atoms with E-state index in [0.29, 0.717) is 25.0 Å². The Kier molecular flexibility index (Phi) is 10.2. The molecule has 0 saturated heterocycles. The van der Waals surface area contributed by atoms with Crippen LogP contribution >= 0.6 is 18.5 Å². The summed E-state index contributed by atoms with van der Waals surface area (Å²) >= 11 is 7.18. The molecule has 0 aliphatic heterocycles. The number of rotatable bonds is 12. The van der Waals surface area contributed by atoms with Crippen LogP contribution in [-0.4, -0.2) is 42.5 Å². The minimum atomic E-state index is -2.85. The Morgan fingerprint density at radius 1 is 1.17 bits per heavy atom. The molecule has 0 aromatic carbocycles. The van der Waals surface area contributed by atoms with Crippen LogP contribution in [0, 0.1) is 0 Å². The topological polar surface area (TPSA) is 56.7 Å². The number of nitrogens with zero attached hydrogens (tertiary/aromatic N) is 3. The van der Waals surface area contributed by atoms with Crippen LogP contribution in [0.4, 0.5) is 5.95 Å². The standard InChI is InChI=1S/C15H28N3O3PS2/c1-6-10-20-22(23,19-9-4)21-14-11-13(12-24-5)16-15(17-14)18(7-2)8-3/h11H,6-10,12H2,1-5H3. The van der Waals surface area contributed by atoms with Gasteiger partial charge in [0, 0.05) is 36.7 Å². The van der Waals surface area contributed by atoms with E-state index in [9.17, 15) is 0 Å². The van der Waals surface area contributed by atoms with Crippen molar-refractivity contribution in [3.8, 4) is 5.88 Å². The van der Waals surface area contributed by atoms with Crippen LogP contribution in [0.1, 0.15) is 39.8 Å². The minimum absolute atomic E-state index is 0.420. The first-order chi connectivity index (χ1) is 11.5. The summed E-state index contributed by atoms with van der Waals surface area (Å²) in [6.45, 7) is 7.78. The van der Waals surface area contributed by atoms with Crippen LogP contribution in [0.3, 0.4) is 0 Å². The van der Waals surface area contributed by atoms with Crippen molar-refractivity contribution in [2.24, 2.45) is 0 Å². The summed E-state index contributed by atoms with van der Waals surface area (Å²) in [5, 5.41) is 0. The van der Waals surface area contributed by atoms with Crippen LogP contribution in [0.15, 0.2) is 6.07 Å². The molecule has 0 aliphatic carbocycles. The van der Waals surface area contributed by atoms with Gasteiger partial charge in [-0.15, -0.1) is 0 Å². The molecule has 0 bridgehead atoms. The van der Waals surface area contributed by atoms with Gasteiger partial charge in [0.15, 0.2) is 0 Å². The second kappa shape index (κ2) is 11.3. The molecule has 0 aliphatic rings. The Labute approximate surface area is 154 Å². The quantitative estimate of drug-likeness (QED) is 0.489. The molecule has 1 aromatic heterocycles. The second-order valence-corrected chi connectivity index (χ2v) is 8.69. The number of aromatic nitrogens is 2. The summed E-state index contributed by atoms with van der Waals surface area (Å²) in [4.78, 5) is 11.2. The van der Waals surface area contributed by atoms with Crippen LogP contribution in [-0.2, 0) is 26.6 Å². The molecular formula is C15H28N3O3PS2. The molecule has 1 aromatic rings. The number of thioether (sulfide) groups is 1. The molecule has 1 atom stereocenters. The first kappa shape index (κ1) is 21.6. The Bertz CT molecular complexity index is 545. The molecule has 1 heterocycles. The third-order valence-corrected chi connectivity index (χ3v) is 5.95. The predicted octanol–water partition coefficient (Wildman–Crippen LogP) is 4.25. The van der Waals surface area contributed by atoms with Crippen LogP contribution in [0.25, 0.3) is 0 Å². The largest absolute Gasteiger partial charge is 0.405 e. The first-order valence-electron chi connectivity index (χ1n) is 8.22. The van der Waals surface area contributed by atoms with E-state index < -0.39 is 6.72 Å². The monoisotopic (exact) mass is 393 g/mol. The smallest absolute Gasteiger partial charge is 0.381 e. The van der Waals surface area contributed by atoms with Gasteiger partial charge in [0.05, 0.1) is 18.9 Å². The van der Waals surface area contributed by atoms with Crippen LogP contribution < -0.4 is 9.42 Å². The van der Waals surface area contributed by atoms with Gasteiger partial charge in [-0.1, -0.05) is 6.92 Å². The lowest BCUT2D eigenvalue weighted by Gasteiger charge is -2.23. The number of anilines is 1. The second-order valence-electron chi connectivity index (χ2n) is 4.89. The Morgan fingerprint density at radius 3 is 2.42 bits per heavy atom. The van der Waals surface area contributed by atoms with Crippen LogP contribution in [0.2, 0.25) is 0 Å². The highest BCUT2D eigenvalue weighted by Gasteiger charge is 2.23. The van der Waals surface area contributed by atoms with E-state index in [1.807, 2.05) is 26.2 Å². The van der Waals surface area contributed by atoms with Crippen molar-refractivity contribution in [3.05, 3.63) is 11.8 Å². The molecule has 6 nitrogen and oxygen atoms in total. The molecule has 1 rings (SSSR count). The van der Waals surface area contributed by atoms with Crippen molar-refractivity contribution in [1.29, 1.82) is 0 Å². The summed E-state index contributed by atoms with van der Waals surface area (Å²) < 4.78 is 17.2. The zero-order chi connectivity index (χ0) is 18.0. The van der Waals surface area contributed by atoms with E-state index in [1.165, 1.54) is 0 Å². The van der Waals surface area contributed by atoms with Gasteiger partial charge in [0.2, 0.25) is 11.8 Å². The van der Waals surface area contributed by atoms with Gasteiger partial charge < -0.3 is 9.42 Å². The molecule has 0 spiro atoms. The highest BCUT2D eigenvalue weighted by molar-refractivity contribution is 8.07. The lowest BCUT2D eigenvalue weighted by molar-refractivity contribution is 0.208. The van der Waals surface area contributed by atoms with E-state index in [1.54, 1.807) is 11.8 Å². The highest BCUT2D eigenvalue weighted by Crippen LogP contribution is 2.49. The lowest BCUT2D eigenvalue weighted by Crippen LogP contribution is -2.24. The average molecular weight is 394 g/mol. The van der Waals surface area contributed by atoms with E-state index in [-0.39, 0.29) is 0 Å². The van der Waals surface area contributed by atoms with E-state index in [0.717, 1.165) is 31.0 Å². The fourth-order valence-electron chi connectivity index (χ4n) is 1.94. The van der Waals surface area contributed by atoms with Crippen molar-refractivity contribution in [2.45, 2.75) is 39.9 Å². The molecule has 0 amide bonds.